The van der Waals surface area contributed by atoms with E-state index in [2.05, 4.69) is 10.6 Å². The number of rotatable bonds is 6. The Labute approximate surface area is 142 Å². The van der Waals surface area contributed by atoms with Crippen molar-refractivity contribution in [3.63, 3.8) is 0 Å². The minimum absolute atomic E-state index is 0.202. The van der Waals surface area contributed by atoms with Crippen molar-refractivity contribution in [2.75, 3.05) is 25.9 Å². The Morgan fingerprint density at radius 3 is 2.61 bits per heavy atom. The smallest absolute Gasteiger partial charge is 0.255 e. The van der Waals surface area contributed by atoms with Gasteiger partial charge in [0.1, 0.15) is 5.75 Å². The Bertz CT molecular complexity index is 529. The summed E-state index contributed by atoms with van der Waals surface area (Å²) in [6, 6.07) is 3.69. The molecule has 1 aliphatic rings. The predicted molar refractivity (Wildman–Crippen MR) is 94.2 cm³/mol. The Morgan fingerprint density at radius 2 is 1.96 bits per heavy atom. The molecule has 1 aromatic rings. The number of carbonyl (C=O) groups excluding carboxylic acids is 1. The van der Waals surface area contributed by atoms with E-state index in [-0.39, 0.29) is 5.91 Å². The lowest BCUT2D eigenvalue weighted by molar-refractivity contribution is 0.0950. The summed E-state index contributed by atoms with van der Waals surface area (Å²) in [5, 5.41) is 6.77. The topological polar surface area (TPSA) is 76.4 Å². The van der Waals surface area contributed by atoms with Gasteiger partial charge in [-0.3, -0.25) is 4.79 Å². The van der Waals surface area contributed by atoms with Crippen LogP contribution in [0, 0.1) is 0 Å². The van der Waals surface area contributed by atoms with Gasteiger partial charge in [0.25, 0.3) is 5.91 Å². The minimum Gasteiger partial charge on any atom is -0.496 e. The van der Waals surface area contributed by atoms with Crippen molar-refractivity contribution in [1.29, 1.82) is 0 Å². The molecule has 4 N–H and O–H groups in total. The summed E-state index contributed by atoms with van der Waals surface area (Å²) in [6.45, 7) is 1.34. The maximum Gasteiger partial charge on any atom is 0.255 e. The molecule has 0 atom stereocenters. The van der Waals surface area contributed by atoms with Gasteiger partial charge < -0.3 is 21.1 Å². The molecule has 0 unspecified atom stereocenters. The number of nitrogen functional groups attached to an aromatic ring is 1. The van der Waals surface area contributed by atoms with Crippen LogP contribution in [-0.4, -0.2) is 32.1 Å². The first-order valence-electron chi connectivity index (χ1n) is 8.26. The van der Waals surface area contributed by atoms with Crippen LogP contribution < -0.4 is 21.1 Å². The third-order valence-electron chi connectivity index (χ3n) is 4.26. The van der Waals surface area contributed by atoms with Gasteiger partial charge in [-0.05, 0) is 18.9 Å². The van der Waals surface area contributed by atoms with E-state index in [0.717, 1.165) is 6.54 Å². The molecule has 128 valence electrons. The fourth-order valence-corrected chi connectivity index (χ4v) is 3.11. The number of nitrogens with one attached hydrogen (secondary N) is 2. The van der Waals surface area contributed by atoms with Gasteiger partial charge in [-0.25, -0.2) is 0 Å². The molecule has 5 nitrogen and oxygen atoms in total. The van der Waals surface area contributed by atoms with Crippen LogP contribution in [0.5, 0.6) is 5.75 Å². The van der Waals surface area contributed by atoms with E-state index in [1.54, 1.807) is 12.1 Å². The second kappa shape index (κ2) is 8.99. The fraction of sp³-hybridized carbons (Fsp3) is 0.588. The monoisotopic (exact) mass is 339 g/mol. The highest BCUT2D eigenvalue weighted by atomic mass is 35.5. The molecule has 0 heterocycles. The van der Waals surface area contributed by atoms with E-state index in [9.17, 15) is 4.79 Å². The van der Waals surface area contributed by atoms with Gasteiger partial charge in [-0.1, -0.05) is 37.3 Å². The lowest BCUT2D eigenvalue weighted by atomic mass is 10.1. The average Bonchev–Trinajstić information content (AvgIpc) is 2.82. The van der Waals surface area contributed by atoms with Crippen molar-refractivity contribution in [3.8, 4) is 5.75 Å². The van der Waals surface area contributed by atoms with Gasteiger partial charge in [0.05, 0.1) is 23.4 Å². The maximum absolute atomic E-state index is 12.3. The number of hydrogen-bond donors (Lipinski definition) is 3. The van der Waals surface area contributed by atoms with Gasteiger partial charge >= 0.3 is 0 Å². The fourth-order valence-electron chi connectivity index (χ4n) is 2.95. The van der Waals surface area contributed by atoms with Gasteiger partial charge in [0, 0.05) is 25.2 Å². The van der Waals surface area contributed by atoms with Gasteiger partial charge in [-0.2, -0.15) is 0 Å². The molecular weight excluding hydrogens is 314 g/mol. The molecule has 2 rings (SSSR count). The molecule has 1 fully saturated rings. The quantitative estimate of drug-likeness (QED) is 0.423. The number of amides is 1. The lowest BCUT2D eigenvalue weighted by Gasteiger charge is -2.16. The highest BCUT2D eigenvalue weighted by Crippen LogP contribution is 2.28. The molecule has 1 aromatic carbocycles. The van der Waals surface area contributed by atoms with Gasteiger partial charge in [0.15, 0.2) is 0 Å². The summed E-state index contributed by atoms with van der Waals surface area (Å²) < 4.78 is 5.20. The Morgan fingerprint density at radius 1 is 1.26 bits per heavy atom. The molecule has 1 saturated carbocycles. The highest BCUT2D eigenvalue weighted by molar-refractivity contribution is 6.33. The summed E-state index contributed by atoms with van der Waals surface area (Å²) in [4.78, 5) is 12.3. The number of benzene rings is 1. The van der Waals surface area contributed by atoms with E-state index >= 15 is 0 Å². The van der Waals surface area contributed by atoms with E-state index < -0.39 is 0 Å². The predicted octanol–water partition coefficient (Wildman–Crippen LogP) is 2.97. The van der Waals surface area contributed by atoms with Crippen LogP contribution >= 0.6 is 11.6 Å². The second-order valence-corrected chi connectivity index (χ2v) is 6.38. The summed E-state index contributed by atoms with van der Waals surface area (Å²) in [5.74, 6) is 0.229. The zero-order valence-corrected chi connectivity index (χ0v) is 14.4. The lowest BCUT2D eigenvalue weighted by Crippen LogP contribution is -2.37. The first-order chi connectivity index (χ1) is 11.1. The van der Waals surface area contributed by atoms with E-state index in [0.29, 0.717) is 34.6 Å². The van der Waals surface area contributed by atoms with Crippen LogP contribution in [0.2, 0.25) is 5.02 Å². The maximum atomic E-state index is 12.3. The summed E-state index contributed by atoms with van der Waals surface area (Å²) in [7, 11) is 1.51. The third kappa shape index (κ3) is 5.29. The zero-order valence-electron chi connectivity index (χ0n) is 13.7. The molecule has 1 aliphatic carbocycles. The zero-order chi connectivity index (χ0) is 16.7. The molecule has 0 spiro atoms. The van der Waals surface area contributed by atoms with E-state index in [4.69, 9.17) is 22.1 Å². The second-order valence-electron chi connectivity index (χ2n) is 5.97. The molecular formula is C17H26ClN3O2. The van der Waals surface area contributed by atoms with E-state index in [1.807, 2.05) is 0 Å². The van der Waals surface area contributed by atoms with E-state index in [1.165, 1.54) is 45.6 Å². The van der Waals surface area contributed by atoms with Gasteiger partial charge in [0.2, 0.25) is 0 Å². The first-order valence-corrected chi connectivity index (χ1v) is 8.64. The third-order valence-corrected chi connectivity index (χ3v) is 4.59. The summed E-state index contributed by atoms with van der Waals surface area (Å²) >= 11 is 5.99. The number of methoxy groups -OCH3 is 1. The van der Waals surface area contributed by atoms with Crippen molar-refractivity contribution in [1.82, 2.24) is 10.6 Å². The van der Waals surface area contributed by atoms with Crippen molar-refractivity contribution < 1.29 is 9.53 Å². The minimum atomic E-state index is -0.202. The number of hydrogen-bond acceptors (Lipinski definition) is 4. The Balaban J connectivity index is 1.81. The number of ether oxygens (including phenoxy) is 1. The first kappa shape index (κ1) is 17.9. The van der Waals surface area contributed by atoms with Gasteiger partial charge in [-0.15, -0.1) is 0 Å². The number of anilines is 1. The number of halogens is 1. The largest absolute Gasteiger partial charge is 0.496 e. The molecule has 1 amide bonds. The molecule has 6 heteroatoms. The van der Waals surface area contributed by atoms with Crippen molar-refractivity contribution in [2.24, 2.45) is 0 Å². The Hall–Kier alpha value is -1.46. The van der Waals surface area contributed by atoms with Crippen molar-refractivity contribution in [2.45, 2.75) is 44.6 Å². The van der Waals surface area contributed by atoms with Crippen LogP contribution in [0.4, 0.5) is 5.69 Å². The SMILES string of the molecule is COc1cc(N)c(Cl)cc1C(=O)NCCNC1CCCCCC1. The Kier molecular flexibility index (Phi) is 6.99. The normalized spacial score (nSPS) is 15.9. The molecule has 23 heavy (non-hydrogen) atoms. The number of carbonyl (C=O) groups is 1. The van der Waals surface area contributed by atoms with Crippen LogP contribution in [0.15, 0.2) is 12.1 Å². The summed E-state index contributed by atoms with van der Waals surface area (Å²) in [6.07, 6.45) is 7.74. The molecule has 0 aliphatic heterocycles. The average molecular weight is 340 g/mol. The van der Waals surface area contributed by atoms with Crippen LogP contribution in [0.1, 0.15) is 48.9 Å². The van der Waals surface area contributed by atoms with Crippen LogP contribution in [0.3, 0.4) is 0 Å². The molecule has 0 saturated heterocycles. The summed E-state index contributed by atoms with van der Waals surface area (Å²) in [5.41, 5.74) is 6.53. The molecule has 0 aromatic heterocycles. The van der Waals surface area contributed by atoms with Crippen LogP contribution in [0.25, 0.3) is 0 Å². The van der Waals surface area contributed by atoms with Crippen molar-refractivity contribution >= 4 is 23.2 Å². The molecule has 0 bridgehead atoms. The standard InChI is InChI=1S/C17H26ClN3O2/c1-23-16-11-15(19)14(18)10-13(16)17(22)21-9-8-20-12-6-4-2-3-5-7-12/h10-12,20H,2-9,19H2,1H3,(H,21,22). The van der Waals surface area contributed by atoms with Crippen LogP contribution in [-0.2, 0) is 0 Å². The van der Waals surface area contributed by atoms with Crippen molar-refractivity contribution in [3.05, 3.63) is 22.7 Å². The molecule has 0 radical (unpaired) electrons. The highest BCUT2D eigenvalue weighted by Gasteiger charge is 2.15. The number of nitrogens with two attached hydrogens (primary N) is 1.